The lowest BCUT2D eigenvalue weighted by atomic mass is 9.94. The zero-order valence-electron chi connectivity index (χ0n) is 23.0. The average molecular weight is 535 g/mol. The molecule has 2 fully saturated rings. The molecule has 4 rings (SSSR count). The summed E-state index contributed by atoms with van der Waals surface area (Å²) in [4.78, 5) is 32.0. The summed E-state index contributed by atoms with van der Waals surface area (Å²) in [5, 5.41) is 0. The molecule has 2 heterocycles. The normalized spacial score (nSPS) is 18.6. The van der Waals surface area contributed by atoms with Crippen molar-refractivity contribution >= 4 is 17.5 Å². The number of ether oxygens (including phenoxy) is 1. The van der Waals surface area contributed by atoms with E-state index in [0.717, 1.165) is 43.5 Å². The van der Waals surface area contributed by atoms with Crippen molar-refractivity contribution in [2.45, 2.75) is 64.1 Å². The highest BCUT2D eigenvalue weighted by molar-refractivity contribution is 5.98. The Balaban J connectivity index is 1.34. The van der Waals surface area contributed by atoms with Crippen LogP contribution in [0.15, 0.2) is 42.5 Å². The van der Waals surface area contributed by atoms with Crippen molar-refractivity contribution in [3.8, 4) is 16.9 Å². The minimum Gasteiger partial charge on any atom is -0.504 e. The number of nitrogens with two attached hydrogens (primary N) is 1. The first-order chi connectivity index (χ1) is 18.8. The van der Waals surface area contributed by atoms with Crippen LogP contribution in [0.5, 0.6) is 5.75 Å². The molecule has 2 aromatic carbocycles. The summed E-state index contributed by atoms with van der Waals surface area (Å²) in [6.07, 6.45) is 4.36. The number of hydrogen-bond donors (Lipinski definition) is 1. The van der Waals surface area contributed by atoms with Gasteiger partial charge < -0.3 is 20.3 Å². The fourth-order valence-electron chi connectivity index (χ4n) is 5.58. The van der Waals surface area contributed by atoms with Crippen LogP contribution in [0.2, 0.25) is 0 Å². The van der Waals surface area contributed by atoms with E-state index >= 15 is 0 Å². The van der Waals surface area contributed by atoms with Crippen molar-refractivity contribution in [3.63, 3.8) is 0 Å². The van der Waals surface area contributed by atoms with Crippen LogP contribution in [-0.2, 0) is 4.79 Å². The monoisotopic (exact) mass is 534 g/mol. The Morgan fingerprint density at radius 2 is 1.72 bits per heavy atom. The molecule has 2 aromatic rings. The van der Waals surface area contributed by atoms with Gasteiger partial charge in [-0.05, 0) is 92.9 Å². The molecule has 0 spiro atoms. The number of amides is 2. The second kappa shape index (κ2) is 12.6. The largest absolute Gasteiger partial charge is 0.504 e. The zero-order chi connectivity index (χ0) is 28.0. The van der Waals surface area contributed by atoms with E-state index in [2.05, 4.69) is 9.74 Å². The summed E-state index contributed by atoms with van der Waals surface area (Å²) in [7, 11) is 0. The molecule has 0 aromatic heterocycles. The van der Waals surface area contributed by atoms with Gasteiger partial charge in [0.15, 0.2) is 0 Å². The second-order valence-corrected chi connectivity index (χ2v) is 10.8. The Bertz CT molecular complexity index is 1200. The number of alkyl halides is 1. The van der Waals surface area contributed by atoms with Gasteiger partial charge in [0, 0.05) is 18.7 Å². The van der Waals surface area contributed by atoms with E-state index in [1.54, 1.807) is 17.0 Å². The second-order valence-electron chi connectivity index (χ2n) is 10.8. The molecule has 2 N–H and O–H groups in total. The summed E-state index contributed by atoms with van der Waals surface area (Å²) in [5.41, 5.74) is 7.05. The van der Waals surface area contributed by atoms with Crippen LogP contribution in [0, 0.1) is 12.5 Å². The highest BCUT2D eigenvalue weighted by Gasteiger charge is 2.33. The Kier molecular flexibility index (Phi) is 9.24. The third-order valence-electron chi connectivity index (χ3n) is 8.34. The molecular weight excluding hydrogens is 495 g/mol. The summed E-state index contributed by atoms with van der Waals surface area (Å²) in [5.74, 6) is 0.281. The highest BCUT2D eigenvalue weighted by atomic mass is 19.1. The van der Waals surface area contributed by atoms with Crippen LogP contribution >= 0.6 is 0 Å². The Labute approximate surface area is 230 Å². The number of halogens is 1. The highest BCUT2D eigenvalue weighted by Crippen LogP contribution is 2.34. The first kappa shape index (κ1) is 28.6. The molecule has 7 nitrogen and oxygen atoms in total. The minimum absolute atomic E-state index is 0.195. The molecular formula is C31H39FN4O3. The fraction of sp³-hybridized carbons (Fsp3) is 0.516. The lowest BCUT2D eigenvalue weighted by molar-refractivity contribution is -0.121. The third-order valence-corrected chi connectivity index (χ3v) is 8.34. The quantitative estimate of drug-likeness (QED) is 0.402. The Morgan fingerprint density at radius 1 is 1.05 bits per heavy atom. The number of nitrogens with zero attached hydrogens (tertiary/aromatic N) is 3. The molecule has 1 atom stereocenters. The van der Waals surface area contributed by atoms with Gasteiger partial charge in [0.05, 0.1) is 13.2 Å². The van der Waals surface area contributed by atoms with Crippen molar-refractivity contribution < 1.29 is 18.7 Å². The van der Waals surface area contributed by atoms with Crippen molar-refractivity contribution in [2.24, 2.45) is 11.7 Å². The average Bonchev–Trinajstić information content (AvgIpc) is 3.47. The van der Waals surface area contributed by atoms with Crippen molar-refractivity contribution in [1.29, 1.82) is 0 Å². The van der Waals surface area contributed by atoms with E-state index in [1.807, 2.05) is 44.2 Å². The number of benzene rings is 2. The van der Waals surface area contributed by atoms with E-state index in [1.165, 1.54) is 0 Å². The molecule has 0 bridgehead atoms. The molecule has 208 valence electrons. The summed E-state index contributed by atoms with van der Waals surface area (Å²) in [6.45, 7) is 14.8. The number of likely N-dealkylation sites (tertiary alicyclic amines) is 2. The maximum atomic E-state index is 14.8. The minimum atomic E-state index is -1.10. The number of piperidine rings is 1. The number of hydrogen-bond acceptors (Lipinski definition) is 4. The number of primary amides is 1. The van der Waals surface area contributed by atoms with Gasteiger partial charge in [-0.1, -0.05) is 32.0 Å². The maximum absolute atomic E-state index is 14.8. The molecule has 2 aliphatic rings. The van der Waals surface area contributed by atoms with Gasteiger partial charge in [0.2, 0.25) is 11.6 Å². The van der Waals surface area contributed by atoms with E-state index in [9.17, 15) is 14.0 Å². The van der Waals surface area contributed by atoms with Gasteiger partial charge in [-0.25, -0.2) is 9.24 Å². The molecule has 2 saturated heterocycles. The molecule has 0 unspecified atom stereocenters. The van der Waals surface area contributed by atoms with Crippen LogP contribution in [0.3, 0.4) is 0 Å². The van der Waals surface area contributed by atoms with E-state index < -0.39 is 17.6 Å². The SMILES string of the molecule is [C-]#[N+]c1cc(-c2ccc(C(=O)N3CCC[C@H]3C(N)=O)cc2)ccc1OCC1CCN(CC(F)(CC)CC)CC1. The fourth-order valence-corrected chi connectivity index (χ4v) is 5.58. The van der Waals surface area contributed by atoms with Crippen LogP contribution in [0.4, 0.5) is 10.1 Å². The van der Waals surface area contributed by atoms with E-state index in [0.29, 0.717) is 61.9 Å². The van der Waals surface area contributed by atoms with Crippen molar-refractivity contribution in [2.75, 3.05) is 32.8 Å². The predicted molar refractivity (Wildman–Crippen MR) is 150 cm³/mol. The molecule has 2 amide bonds. The predicted octanol–water partition coefficient (Wildman–Crippen LogP) is 5.61. The first-order valence-electron chi connectivity index (χ1n) is 14.0. The lowest BCUT2D eigenvalue weighted by Crippen LogP contribution is -2.44. The van der Waals surface area contributed by atoms with Gasteiger partial charge in [0.1, 0.15) is 17.5 Å². The van der Waals surface area contributed by atoms with Crippen LogP contribution in [-0.4, -0.2) is 66.1 Å². The van der Waals surface area contributed by atoms with E-state index in [4.69, 9.17) is 17.0 Å². The third kappa shape index (κ3) is 6.77. The number of carbonyl (C=O) groups is 2. The molecule has 39 heavy (non-hydrogen) atoms. The summed E-state index contributed by atoms with van der Waals surface area (Å²) >= 11 is 0. The molecule has 0 saturated carbocycles. The van der Waals surface area contributed by atoms with Crippen molar-refractivity contribution in [1.82, 2.24) is 9.80 Å². The number of rotatable bonds is 10. The molecule has 8 heteroatoms. The van der Waals surface area contributed by atoms with Gasteiger partial charge >= 0.3 is 0 Å². The van der Waals surface area contributed by atoms with Gasteiger partial charge in [-0.15, -0.1) is 0 Å². The maximum Gasteiger partial charge on any atom is 0.254 e. The van der Waals surface area contributed by atoms with Crippen LogP contribution in [0.25, 0.3) is 16.0 Å². The number of carbonyl (C=O) groups excluding carboxylic acids is 2. The summed E-state index contributed by atoms with van der Waals surface area (Å²) < 4.78 is 20.9. The molecule has 0 radical (unpaired) electrons. The van der Waals surface area contributed by atoms with E-state index in [-0.39, 0.29) is 5.91 Å². The Hall–Kier alpha value is -3.44. The smallest absolute Gasteiger partial charge is 0.254 e. The zero-order valence-corrected chi connectivity index (χ0v) is 23.0. The standard InChI is InChI=1S/C31H39FN4O3/c1-4-31(32,5-2)21-35-17-14-22(15-18-35)20-39-28-13-12-25(19-26(28)34-3)23-8-10-24(11-9-23)30(38)36-16-6-7-27(36)29(33)37/h8-13,19,22,27H,4-7,14-18,20-21H2,1-2H3,(H2,33,37)/t27-/m0/s1. The van der Waals surface area contributed by atoms with Gasteiger partial charge in [-0.2, -0.15) is 0 Å². The first-order valence-corrected chi connectivity index (χ1v) is 14.0. The lowest BCUT2D eigenvalue weighted by Gasteiger charge is -2.36. The topological polar surface area (TPSA) is 80.2 Å². The molecule has 0 aliphatic carbocycles. The van der Waals surface area contributed by atoms with Crippen LogP contribution < -0.4 is 10.5 Å². The van der Waals surface area contributed by atoms with Gasteiger partial charge in [0.25, 0.3) is 5.91 Å². The molecule has 2 aliphatic heterocycles. The van der Waals surface area contributed by atoms with Crippen molar-refractivity contribution in [3.05, 3.63) is 59.4 Å². The summed E-state index contributed by atoms with van der Waals surface area (Å²) in [6, 6.07) is 12.2. The Morgan fingerprint density at radius 3 is 2.33 bits per heavy atom. The van der Waals surface area contributed by atoms with Crippen LogP contribution in [0.1, 0.15) is 62.7 Å². The van der Waals surface area contributed by atoms with Gasteiger partial charge in [-0.3, -0.25) is 9.59 Å².